The van der Waals surface area contributed by atoms with E-state index in [2.05, 4.69) is 26.6 Å². The first-order valence-corrected chi connectivity index (χ1v) is 12.0. The Bertz CT molecular complexity index is 908. The van der Waals surface area contributed by atoms with Crippen LogP contribution in [0.5, 0.6) is 11.5 Å². The number of rotatable bonds is 10. The predicted octanol–water partition coefficient (Wildman–Crippen LogP) is 3.00. The standard InChI is InChI=1S/C26H36N4O3/c1-32-24-9-3-7-21(26(24)33-2)15-29-25(31)10-4-8-23-22-12-20(14-28-23)17-30(18-22)16-19-6-5-11-27-13-19/h3,5-7,9,11,13,20,22-23,28H,4,8,10,12,14-18H2,1-2H3,(H,29,31)/t20-,22+,23+/m0/s1. The average molecular weight is 453 g/mol. The Morgan fingerprint density at radius 2 is 2.12 bits per heavy atom. The number of pyridine rings is 1. The van der Waals surface area contributed by atoms with Crippen LogP contribution >= 0.6 is 0 Å². The monoisotopic (exact) mass is 452 g/mol. The highest BCUT2D eigenvalue weighted by Gasteiger charge is 2.36. The van der Waals surface area contributed by atoms with Crippen molar-refractivity contribution in [2.45, 2.75) is 44.8 Å². The highest BCUT2D eigenvalue weighted by Crippen LogP contribution is 2.32. The van der Waals surface area contributed by atoms with Crippen LogP contribution in [0.3, 0.4) is 0 Å². The van der Waals surface area contributed by atoms with Crippen molar-refractivity contribution in [2.75, 3.05) is 33.9 Å². The van der Waals surface area contributed by atoms with E-state index in [0.29, 0.717) is 36.4 Å². The van der Waals surface area contributed by atoms with Gasteiger partial charge in [0.2, 0.25) is 5.91 Å². The summed E-state index contributed by atoms with van der Waals surface area (Å²) in [5.74, 6) is 2.80. The summed E-state index contributed by atoms with van der Waals surface area (Å²) in [5, 5.41) is 6.80. The third-order valence-corrected chi connectivity index (χ3v) is 6.89. The Balaban J connectivity index is 1.21. The highest BCUT2D eigenvalue weighted by molar-refractivity contribution is 5.76. The number of carbonyl (C=O) groups excluding carboxylic acids is 1. The molecule has 2 aromatic rings. The van der Waals surface area contributed by atoms with Crippen LogP contribution in [0.25, 0.3) is 0 Å². The van der Waals surface area contributed by atoms with Crippen molar-refractivity contribution in [1.29, 1.82) is 0 Å². The number of fused-ring (bicyclic) bond motifs is 2. The predicted molar refractivity (Wildman–Crippen MR) is 128 cm³/mol. The number of nitrogens with zero attached hydrogens (tertiary/aromatic N) is 2. The molecule has 2 aliphatic rings. The molecule has 1 aromatic heterocycles. The molecule has 4 rings (SSSR count). The van der Waals surface area contributed by atoms with Crippen molar-refractivity contribution < 1.29 is 14.3 Å². The van der Waals surface area contributed by atoms with Gasteiger partial charge >= 0.3 is 0 Å². The van der Waals surface area contributed by atoms with Gasteiger partial charge in [0.1, 0.15) is 0 Å². The van der Waals surface area contributed by atoms with Crippen LogP contribution in [-0.2, 0) is 17.9 Å². The van der Waals surface area contributed by atoms with E-state index in [9.17, 15) is 4.79 Å². The van der Waals surface area contributed by atoms with Crippen molar-refractivity contribution in [2.24, 2.45) is 11.8 Å². The lowest BCUT2D eigenvalue weighted by molar-refractivity contribution is -0.121. The highest BCUT2D eigenvalue weighted by atomic mass is 16.5. The van der Waals surface area contributed by atoms with Crippen molar-refractivity contribution >= 4 is 5.91 Å². The van der Waals surface area contributed by atoms with Gasteiger partial charge in [0.25, 0.3) is 0 Å². The van der Waals surface area contributed by atoms with Crippen molar-refractivity contribution in [3.8, 4) is 11.5 Å². The number of piperidine rings is 2. The molecular weight excluding hydrogens is 416 g/mol. The maximum Gasteiger partial charge on any atom is 0.220 e. The minimum atomic E-state index is 0.0791. The van der Waals surface area contributed by atoms with E-state index >= 15 is 0 Å². The molecule has 2 aliphatic heterocycles. The minimum Gasteiger partial charge on any atom is -0.493 e. The van der Waals surface area contributed by atoms with E-state index in [1.54, 1.807) is 14.2 Å². The maximum atomic E-state index is 12.5. The second-order valence-corrected chi connectivity index (χ2v) is 9.25. The van der Waals surface area contributed by atoms with Gasteiger partial charge in [-0.1, -0.05) is 18.2 Å². The van der Waals surface area contributed by atoms with Crippen LogP contribution in [0.4, 0.5) is 0 Å². The summed E-state index contributed by atoms with van der Waals surface area (Å²) >= 11 is 0. The molecule has 2 bridgehead atoms. The molecule has 0 aliphatic carbocycles. The summed E-state index contributed by atoms with van der Waals surface area (Å²) in [7, 11) is 3.24. The fourth-order valence-corrected chi connectivity index (χ4v) is 5.35. The van der Waals surface area contributed by atoms with Crippen LogP contribution in [0.1, 0.15) is 36.8 Å². The molecule has 7 nitrogen and oxygen atoms in total. The Labute approximate surface area is 196 Å². The number of amides is 1. The smallest absolute Gasteiger partial charge is 0.220 e. The summed E-state index contributed by atoms with van der Waals surface area (Å²) in [6.07, 6.45) is 7.57. The SMILES string of the molecule is COc1cccc(CNC(=O)CCC[C@H]2NC[C@@H]3C[C@@H]2CN(Cc2cccnc2)C3)c1OC. The normalized spacial score (nSPS) is 22.5. The largest absolute Gasteiger partial charge is 0.493 e. The number of benzene rings is 1. The zero-order valence-corrected chi connectivity index (χ0v) is 19.8. The second-order valence-electron chi connectivity index (χ2n) is 9.25. The third kappa shape index (κ3) is 6.24. The first-order valence-electron chi connectivity index (χ1n) is 12.0. The van der Waals surface area contributed by atoms with Crippen LogP contribution < -0.4 is 20.1 Å². The molecule has 0 radical (unpaired) electrons. The van der Waals surface area contributed by atoms with Crippen LogP contribution in [0.15, 0.2) is 42.7 Å². The van der Waals surface area contributed by atoms with Gasteiger partial charge < -0.3 is 20.1 Å². The Kier molecular flexibility index (Phi) is 8.18. The van der Waals surface area contributed by atoms with E-state index in [4.69, 9.17) is 9.47 Å². The molecule has 0 unspecified atom stereocenters. The Morgan fingerprint density at radius 3 is 2.91 bits per heavy atom. The summed E-state index contributed by atoms with van der Waals surface area (Å²) in [5.41, 5.74) is 2.20. The number of likely N-dealkylation sites (tertiary alicyclic amines) is 1. The molecule has 1 amide bonds. The molecule has 3 atom stereocenters. The number of hydrogen-bond donors (Lipinski definition) is 2. The molecule has 0 spiro atoms. The number of nitrogens with one attached hydrogen (secondary N) is 2. The first kappa shape index (κ1) is 23.5. The molecule has 2 fully saturated rings. The fraction of sp³-hybridized carbons (Fsp3) is 0.538. The lowest BCUT2D eigenvalue weighted by Gasteiger charge is -2.46. The minimum absolute atomic E-state index is 0.0791. The van der Waals surface area contributed by atoms with Gasteiger partial charge in [-0.2, -0.15) is 0 Å². The molecule has 7 heteroatoms. The van der Waals surface area contributed by atoms with Crippen LogP contribution in [0.2, 0.25) is 0 Å². The summed E-state index contributed by atoms with van der Waals surface area (Å²) in [4.78, 5) is 19.3. The summed E-state index contributed by atoms with van der Waals surface area (Å²) in [6.45, 7) is 4.76. The molecule has 178 valence electrons. The Hall–Kier alpha value is -2.64. The van der Waals surface area contributed by atoms with Crippen LogP contribution in [-0.4, -0.2) is 55.7 Å². The molecule has 0 saturated carbocycles. The van der Waals surface area contributed by atoms with Crippen LogP contribution in [0, 0.1) is 11.8 Å². The number of para-hydroxylation sites is 1. The third-order valence-electron chi connectivity index (χ3n) is 6.89. The number of methoxy groups -OCH3 is 2. The zero-order chi connectivity index (χ0) is 23.0. The lowest BCUT2D eigenvalue weighted by Crippen LogP contribution is -2.55. The topological polar surface area (TPSA) is 75.7 Å². The molecule has 2 N–H and O–H groups in total. The molecule has 2 saturated heterocycles. The summed E-state index contributed by atoms with van der Waals surface area (Å²) in [6, 6.07) is 10.4. The molecule has 1 aromatic carbocycles. The van der Waals surface area contributed by atoms with Crippen molar-refractivity contribution in [1.82, 2.24) is 20.5 Å². The van der Waals surface area contributed by atoms with Gasteiger partial charge in [0.15, 0.2) is 11.5 Å². The first-order chi connectivity index (χ1) is 16.2. The average Bonchev–Trinajstić information content (AvgIpc) is 2.84. The Morgan fingerprint density at radius 1 is 1.21 bits per heavy atom. The maximum absolute atomic E-state index is 12.5. The van der Waals surface area contributed by atoms with E-state index in [0.717, 1.165) is 50.5 Å². The fourth-order valence-electron chi connectivity index (χ4n) is 5.35. The van der Waals surface area contributed by atoms with E-state index in [-0.39, 0.29) is 5.91 Å². The van der Waals surface area contributed by atoms with Gasteiger partial charge in [-0.25, -0.2) is 0 Å². The number of aromatic nitrogens is 1. The van der Waals surface area contributed by atoms with Gasteiger partial charge in [-0.15, -0.1) is 0 Å². The second kappa shape index (κ2) is 11.5. The van der Waals surface area contributed by atoms with Gasteiger partial charge in [0, 0.05) is 56.6 Å². The molecular formula is C26H36N4O3. The van der Waals surface area contributed by atoms with E-state index in [1.165, 1.54) is 12.0 Å². The number of hydrogen-bond acceptors (Lipinski definition) is 6. The molecule has 33 heavy (non-hydrogen) atoms. The van der Waals surface area contributed by atoms with Gasteiger partial charge in [0.05, 0.1) is 14.2 Å². The van der Waals surface area contributed by atoms with Gasteiger partial charge in [-0.05, 0) is 55.3 Å². The van der Waals surface area contributed by atoms with E-state index in [1.807, 2.05) is 36.7 Å². The summed E-state index contributed by atoms with van der Waals surface area (Å²) < 4.78 is 10.8. The molecule has 3 heterocycles. The lowest BCUT2D eigenvalue weighted by atomic mass is 9.79. The van der Waals surface area contributed by atoms with Crippen molar-refractivity contribution in [3.05, 3.63) is 53.9 Å². The number of ether oxygens (including phenoxy) is 2. The number of carbonyl (C=O) groups is 1. The zero-order valence-electron chi connectivity index (χ0n) is 19.8. The van der Waals surface area contributed by atoms with E-state index < -0.39 is 0 Å². The quantitative estimate of drug-likeness (QED) is 0.577. The van der Waals surface area contributed by atoms with Crippen molar-refractivity contribution in [3.63, 3.8) is 0 Å². The van der Waals surface area contributed by atoms with Gasteiger partial charge in [-0.3, -0.25) is 14.7 Å².